The molecule has 0 spiro atoms. The Labute approximate surface area is 193 Å². The van der Waals surface area contributed by atoms with E-state index >= 15 is 0 Å². The van der Waals surface area contributed by atoms with Crippen molar-refractivity contribution in [3.63, 3.8) is 0 Å². The Morgan fingerprint density at radius 1 is 1.06 bits per heavy atom. The Hall–Kier alpha value is -3.23. The quantitative estimate of drug-likeness (QED) is 0.642. The first-order valence-corrected chi connectivity index (χ1v) is 11.1. The minimum Gasteiger partial charge on any atom is -0.478 e. The number of aromatic nitrogens is 1. The van der Waals surface area contributed by atoms with Crippen molar-refractivity contribution in [2.45, 2.75) is 26.7 Å². The molecule has 8 heteroatoms. The molecule has 2 aromatic rings. The van der Waals surface area contributed by atoms with Gasteiger partial charge < -0.3 is 24.5 Å². The first kappa shape index (κ1) is 24.4. The fourth-order valence-corrected chi connectivity index (χ4v) is 4.27. The van der Waals surface area contributed by atoms with Crippen LogP contribution in [-0.4, -0.2) is 76.9 Å². The molecule has 0 saturated carbocycles. The Morgan fingerprint density at radius 2 is 1.70 bits per heavy atom. The third kappa shape index (κ3) is 6.40. The van der Waals surface area contributed by atoms with E-state index in [4.69, 9.17) is 14.7 Å². The van der Waals surface area contributed by atoms with Crippen molar-refractivity contribution in [1.82, 2.24) is 15.0 Å². The molecule has 1 aliphatic carbocycles. The Balaban J connectivity index is 0.000000331. The summed E-state index contributed by atoms with van der Waals surface area (Å²) in [5.74, 6) is -1.60. The summed E-state index contributed by atoms with van der Waals surface area (Å²) in [5.41, 5.74) is 7.81. The Bertz CT molecular complexity index is 1030. The molecule has 1 aromatic heterocycles. The van der Waals surface area contributed by atoms with Crippen LogP contribution in [0.2, 0.25) is 0 Å². The van der Waals surface area contributed by atoms with E-state index in [1.807, 2.05) is 13.8 Å². The molecule has 1 aliphatic heterocycles. The van der Waals surface area contributed by atoms with Gasteiger partial charge in [-0.15, -0.1) is 0 Å². The molecular weight excluding hydrogens is 422 g/mol. The summed E-state index contributed by atoms with van der Waals surface area (Å²) in [5, 5.41) is 19.8. The SMILES string of the molecule is Cc1noc(C)c1-c1cccc2c1CC=C2CCN1CCN(C)CC1.O=C(O)C=CC(=O)O. The molecular formula is C25H31N3O5. The number of piperazine rings is 1. The zero-order valence-electron chi connectivity index (χ0n) is 19.4. The number of carboxylic acids is 2. The number of allylic oxidation sites excluding steroid dienone is 1. The minimum absolute atomic E-state index is 0.558. The molecule has 2 heterocycles. The number of hydrogen-bond donors (Lipinski definition) is 2. The predicted octanol–water partition coefficient (Wildman–Crippen LogP) is 3.25. The smallest absolute Gasteiger partial charge is 0.328 e. The van der Waals surface area contributed by atoms with Crippen LogP contribution in [0.4, 0.5) is 0 Å². The van der Waals surface area contributed by atoms with E-state index in [0.29, 0.717) is 12.2 Å². The van der Waals surface area contributed by atoms with Gasteiger partial charge in [0, 0.05) is 50.4 Å². The molecule has 0 unspecified atom stereocenters. The molecule has 1 fully saturated rings. The Kier molecular flexibility index (Phi) is 8.19. The van der Waals surface area contributed by atoms with Gasteiger partial charge in [-0.2, -0.15) is 0 Å². The van der Waals surface area contributed by atoms with E-state index in [1.54, 1.807) is 0 Å². The van der Waals surface area contributed by atoms with Gasteiger partial charge in [0.05, 0.1) is 5.69 Å². The molecule has 0 amide bonds. The summed E-state index contributed by atoms with van der Waals surface area (Å²) in [4.78, 5) is 24.1. The lowest BCUT2D eigenvalue weighted by Crippen LogP contribution is -2.44. The molecule has 1 saturated heterocycles. The predicted molar refractivity (Wildman–Crippen MR) is 126 cm³/mol. The summed E-state index contributed by atoms with van der Waals surface area (Å²) >= 11 is 0. The highest BCUT2D eigenvalue weighted by atomic mass is 16.5. The summed E-state index contributed by atoms with van der Waals surface area (Å²) in [6, 6.07) is 6.66. The van der Waals surface area contributed by atoms with Crippen molar-refractivity contribution in [2.75, 3.05) is 39.8 Å². The van der Waals surface area contributed by atoms with Gasteiger partial charge in [-0.25, -0.2) is 9.59 Å². The largest absolute Gasteiger partial charge is 0.478 e. The maximum atomic E-state index is 9.55. The van der Waals surface area contributed by atoms with Crippen LogP contribution >= 0.6 is 0 Å². The third-order valence-corrected chi connectivity index (χ3v) is 6.04. The summed E-state index contributed by atoms with van der Waals surface area (Å²) in [6.45, 7) is 9.95. The van der Waals surface area contributed by atoms with Crippen LogP contribution in [0.25, 0.3) is 16.7 Å². The summed E-state index contributed by atoms with van der Waals surface area (Å²) in [7, 11) is 2.21. The molecule has 2 N–H and O–H groups in total. The highest BCUT2D eigenvalue weighted by Gasteiger charge is 2.22. The van der Waals surface area contributed by atoms with Gasteiger partial charge in [-0.05, 0) is 56.0 Å². The number of aliphatic carboxylic acids is 2. The van der Waals surface area contributed by atoms with Gasteiger partial charge in [0.25, 0.3) is 0 Å². The van der Waals surface area contributed by atoms with Crippen molar-refractivity contribution >= 4 is 17.5 Å². The van der Waals surface area contributed by atoms with Crippen LogP contribution < -0.4 is 0 Å². The number of carboxylic acid groups (broad SMARTS) is 2. The monoisotopic (exact) mass is 453 g/mol. The lowest BCUT2D eigenvalue weighted by molar-refractivity contribution is -0.134. The molecule has 176 valence electrons. The van der Waals surface area contributed by atoms with Crippen molar-refractivity contribution in [1.29, 1.82) is 0 Å². The molecule has 4 rings (SSSR count). The average molecular weight is 454 g/mol. The number of likely N-dealkylation sites (N-methyl/N-ethyl adjacent to an activating group) is 1. The van der Waals surface area contributed by atoms with Gasteiger partial charge >= 0.3 is 11.9 Å². The van der Waals surface area contributed by atoms with E-state index in [1.165, 1.54) is 54.0 Å². The first-order chi connectivity index (χ1) is 15.8. The van der Waals surface area contributed by atoms with Gasteiger partial charge in [-0.1, -0.05) is 29.4 Å². The second kappa shape index (κ2) is 11.1. The summed E-state index contributed by atoms with van der Waals surface area (Å²) in [6.07, 6.45) is 5.70. The van der Waals surface area contributed by atoms with E-state index < -0.39 is 11.9 Å². The molecule has 8 nitrogen and oxygen atoms in total. The van der Waals surface area contributed by atoms with Crippen LogP contribution in [0, 0.1) is 13.8 Å². The molecule has 0 atom stereocenters. The van der Waals surface area contributed by atoms with E-state index in [0.717, 1.165) is 30.8 Å². The number of fused-ring (bicyclic) bond motifs is 1. The number of nitrogens with zero attached hydrogens (tertiary/aromatic N) is 3. The minimum atomic E-state index is -1.26. The lowest BCUT2D eigenvalue weighted by atomic mass is 9.93. The van der Waals surface area contributed by atoms with Crippen molar-refractivity contribution < 1.29 is 24.3 Å². The number of aryl methyl sites for hydroxylation is 2. The van der Waals surface area contributed by atoms with Gasteiger partial charge in [0.2, 0.25) is 0 Å². The van der Waals surface area contributed by atoms with Gasteiger partial charge in [0.15, 0.2) is 0 Å². The first-order valence-electron chi connectivity index (χ1n) is 11.1. The topological polar surface area (TPSA) is 107 Å². The molecule has 1 aromatic carbocycles. The second-order valence-electron chi connectivity index (χ2n) is 8.37. The molecule has 33 heavy (non-hydrogen) atoms. The summed E-state index contributed by atoms with van der Waals surface area (Å²) < 4.78 is 5.39. The lowest BCUT2D eigenvalue weighted by Gasteiger charge is -2.32. The van der Waals surface area contributed by atoms with Crippen LogP contribution in [0.15, 0.2) is 41.0 Å². The molecule has 0 radical (unpaired) electrons. The van der Waals surface area contributed by atoms with E-state index in [2.05, 4.69) is 46.3 Å². The van der Waals surface area contributed by atoms with E-state index in [9.17, 15) is 9.59 Å². The van der Waals surface area contributed by atoms with Crippen molar-refractivity contribution in [2.24, 2.45) is 0 Å². The molecule has 2 aliphatic rings. The zero-order chi connectivity index (χ0) is 24.0. The standard InChI is InChI=1S/C21H27N3O.C4H4O4/c1-15-21(16(2)25-22-15)20-6-4-5-18-17(7-8-19(18)20)9-10-24-13-11-23(3)12-14-24;5-3(6)1-2-4(7)8/h4-7H,8-14H2,1-3H3;1-2H,(H,5,6)(H,7,8). The molecule has 0 bridgehead atoms. The van der Waals surface area contributed by atoms with Crippen LogP contribution in [-0.2, 0) is 16.0 Å². The fraction of sp³-hybridized carbons (Fsp3) is 0.400. The van der Waals surface area contributed by atoms with Gasteiger partial charge in [-0.3, -0.25) is 0 Å². The van der Waals surface area contributed by atoms with Gasteiger partial charge in [0.1, 0.15) is 5.76 Å². The normalized spacial score (nSPS) is 16.3. The maximum absolute atomic E-state index is 9.55. The number of hydrogen-bond acceptors (Lipinski definition) is 6. The van der Waals surface area contributed by atoms with E-state index in [-0.39, 0.29) is 0 Å². The second-order valence-corrected chi connectivity index (χ2v) is 8.37. The fourth-order valence-electron chi connectivity index (χ4n) is 4.27. The number of carbonyl (C=O) groups is 2. The maximum Gasteiger partial charge on any atom is 0.328 e. The zero-order valence-corrected chi connectivity index (χ0v) is 19.4. The highest BCUT2D eigenvalue weighted by molar-refractivity contribution is 5.89. The van der Waals surface area contributed by atoms with Crippen molar-refractivity contribution in [3.8, 4) is 11.1 Å². The number of rotatable bonds is 6. The highest BCUT2D eigenvalue weighted by Crippen LogP contribution is 2.38. The van der Waals surface area contributed by atoms with Crippen LogP contribution in [0.1, 0.15) is 29.0 Å². The number of benzene rings is 1. The average Bonchev–Trinajstić information content (AvgIpc) is 3.35. The van der Waals surface area contributed by atoms with Crippen LogP contribution in [0.5, 0.6) is 0 Å². The Morgan fingerprint density at radius 3 is 2.27 bits per heavy atom. The van der Waals surface area contributed by atoms with Crippen LogP contribution in [0.3, 0.4) is 0 Å². The third-order valence-electron chi connectivity index (χ3n) is 6.04. The van der Waals surface area contributed by atoms with Crippen molar-refractivity contribution in [3.05, 3.63) is 59.0 Å².